The second kappa shape index (κ2) is 6.91. The van der Waals surface area contributed by atoms with Crippen LogP contribution in [0.4, 0.5) is 13.2 Å². The molecule has 0 heterocycles. The van der Waals surface area contributed by atoms with E-state index in [0.29, 0.717) is 12.1 Å². The molecular weight excluding hydrogens is 297 g/mol. The standard InChI is InChI=1S/C11H15F3N2O3S/c12-11(13,14)19-10-5-2-1-4-9(10)8-16-6-3-7-20(15,17)18/h1-2,4-5,16H,3,6-8H2,(H2,15,17,18). The maximum atomic E-state index is 12.2. The molecule has 0 aliphatic rings. The molecule has 1 aromatic rings. The van der Waals surface area contributed by atoms with E-state index < -0.39 is 16.4 Å². The minimum absolute atomic E-state index is 0.136. The fourth-order valence-corrected chi connectivity index (χ4v) is 2.04. The van der Waals surface area contributed by atoms with Crippen molar-refractivity contribution in [3.05, 3.63) is 29.8 Å². The Kier molecular flexibility index (Phi) is 5.78. The molecule has 0 aromatic heterocycles. The summed E-state index contributed by atoms with van der Waals surface area (Å²) >= 11 is 0. The van der Waals surface area contributed by atoms with Gasteiger partial charge in [-0.15, -0.1) is 13.2 Å². The molecular formula is C11H15F3N2O3S. The van der Waals surface area contributed by atoms with Gasteiger partial charge in [-0.05, 0) is 19.0 Å². The number of para-hydroxylation sites is 1. The summed E-state index contributed by atoms with van der Waals surface area (Å²) in [5.41, 5.74) is 0.334. The highest BCUT2D eigenvalue weighted by Gasteiger charge is 2.31. The number of ether oxygens (including phenoxy) is 1. The molecule has 0 radical (unpaired) electrons. The molecule has 3 N–H and O–H groups in total. The van der Waals surface area contributed by atoms with Crippen molar-refractivity contribution < 1.29 is 26.3 Å². The van der Waals surface area contributed by atoms with Gasteiger partial charge in [-0.2, -0.15) is 0 Å². The van der Waals surface area contributed by atoms with E-state index in [4.69, 9.17) is 5.14 Å². The molecule has 0 spiro atoms. The maximum Gasteiger partial charge on any atom is 0.573 e. The zero-order chi connectivity index (χ0) is 15.2. The monoisotopic (exact) mass is 312 g/mol. The van der Waals surface area contributed by atoms with Gasteiger partial charge in [0.2, 0.25) is 10.0 Å². The Morgan fingerprint density at radius 2 is 1.90 bits per heavy atom. The van der Waals surface area contributed by atoms with E-state index in [2.05, 4.69) is 10.1 Å². The van der Waals surface area contributed by atoms with Crippen molar-refractivity contribution in [2.45, 2.75) is 19.3 Å². The zero-order valence-electron chi connectivity index (χ0n) is 10.5. The largest absolute Gasteiger partial charge is 0.573 e. The Morgan fingerprint density at radius 3 is 2.50 bits per heavy atom. The summed E-state index contributed by atoms with van der Waals surface area (Å²) in [5, 5.41) is 7.65. The molecule has 0 saturated heterocycles. The molecule has 0 fully saturated rings. The first kappa shape index (κ1) is 16.7. The number of rotatable bonds is 7. The lowest BCUT2D eigenvalue weighted by atomic mass is 10.2. The quantitative estimate of drug-likeness (QED) is 0.745. The van der Waals surface area contributed by atoms with E-state index in [-0.39, 0.29) is 24.5 Å². The van der Waals surface area contributed by atoms with Crippen LogP contribution in [0, 0.1) is 0 Å². The number of sulfonamides is 1. The first-order valence-corrected chi connectivity index (χ1v) is 7.44. The third-order valence-electron chi connectivity index (χ3n) is 2.30. The van der Waals surface area contributed by atoms with Crippen LogP contribution >= 0.6 is 0 Å². The lowest BCUT2D eigenvalue weighted by Crippen LogP contribution is -2.23. The van der Waals surface area contributed by atoms with Crippen LogP contribution in [0.2, 0.25) is 0 Å². The molecule has 1 aromatic carbocycles. The summed E-state index contributed by atoms with van der Waals surface area (Å²) in [5.74, 6) is -0.459. The molecule has 0 atom stereocenters. The van der Waals surface area contributed by atoms with Crippen molar-refractivity contribution in [2.75, 3.05) is 12.3 Å². The van der Waals surface area contributed by atoms with Gasteiger partial charge in [0, 0.05) is 12.1 Å². The van der Waals surface area contributed by atoms with Gasteiger partial charge in [-0.25, -0.2) is 13.6 Å². The molecule has 0 amide bonds. The van der Waals surface area contributed by atoms with Gasteiger partial charge >= 0.3 is 6.36 Å². The van der Waals surface area contributed by atoms with Crippen LogP contribution < -0.4 is 15.2 Å². The second-order valence-corrected chi connectivity index (χ2v) is 5.79. The van der Waals surface area contributed by atoms with Crippen LogP contribution in [0.15, 0.2) is 24.3 Å². The van der Waals surface area contributed by atoms with Crippen LogP contribution in [0.3, 0.4) is 0 Å². The third-order valence-corrected chi connectivity index (χ3v) is 3.15. The van der Waals surface area contributed by atoms with Gasteiger partial charge in [0.15, 0.2) is 0 Å². The fourth-order valence-electron chi connectivity index (χ4n) is 1.50. The van der Waals surface area contributed by atoms with E-state index in [1.54, 1.807) is 6.07 Å². The summed E-state index contributed by atoms with van der Waals surface area (Å²) in [6.45, 7) is 0.452. The molecule has 0 aliphatic heterocycles. The summed E-state index contributed by atoms with van der Waals surface area (Å²) in [7, 11) is -3.51. The summed E-state index contributed by atoms with van der Waals surface area (Å²) < 4.78 is 61.8. The normalized spacial score (nSPS) is 12.4. The van der Waals surface area contributed by atoms with Gasteiger partial charge in [0.05, 0.1) is 5.75 Å². The number of halogens is 3. The van der Waals surface area contributed by atoms with Crippen molar-refractivity contribution in [2.24, 2.45) is 5.14 Å². The van der Waals surface area contributed by atoms with E-state index >= 15 is 0 Å². The number of hydrogen-bond acceptors (Lipinski definition) is 4. The molecule has 1 rings (SSSR count). The summed E-state index contributed by atoms with van der Waals surface area (Å²) in [6.07, 6.45) is -4.47. The van der Waals surface area contributed by atoms with Crippen molar-refractivity contribution in [3.8, 4) is 5.75 Å². The molecule has 0 aliphatic carbocycles. The minimum atomic E-state index is -4.75. The predicted molar refractivity (Wildman–Crippen MR) is 67.4 cm³/mol. The average Bonchev–Trinajstić information content (AvgIpc) is 2.27. The number of nitrogens with two attached hydrogens (primary N) is 1. The zero-order valence-corrected chi connectivity index (χ0v) is 11.3. The molecule has 0 unspecified atom stereocenters. The molecule has 0 saturated carbocycles. The van der Waals surface area contributed by atoms with Crippen LogP contribution in [-0.4, -0.2) is 27.1 Å². The molecule has 114 valence electrons. The van der Waals surface area contributed by atoms with Crippen LogP contribution in [-0.2, 0) is 16.6 Å². The highest BCUT2D eigenvalue weighted by Crippen LogP contribution is 2.25. The van der Waals surface area contributed by atoms with Crippen LogP contribution in [0.5, 0.6) is 5.75 Å². The number of hydrogen-bond donors (Lipinski definition) is 2. The Morgan fingerprint density at radius 1 is 1.25 bits per heavy atom. The Hall–Kier alpha value is -1.32. The highest BCUT2D eigenvalue weighted by atomic mass is 32.2. The first-order valence-electron chi connectivity index (χ1n) is 5.72. The number of benzene rings is 1. The number of primary sulfonamides is 1. The van der Waals surface area contributed by atoms with E-state index in [9.17, 15) is 21.6 Å². The highest BCUT2D eigenvalue weighted by molar-refractivity contribution is 7.89. The van der Waals surface area contributed by atoms with Gasteiger partial charge in [-0.3, -0.25) is 0 Å². The number of alkyl halides is 3. The summed E-state index contributed by atoms with van der Waals surface area (Å²) in [4.78, 5) is 0. The molecule has 0 bridgehead atoms. The number of nitrogens with one attached hydrogen (secondary N) is 1. The van der Waals surface area contributed by atoms with Crippen molar-refractivity contribution in [1.29, 1.82) is 0 Å². The molecule has 9 heteroatoms. The van der Waals surface area contributed by atoms with E-state index in [1.807, 2.05) is 0 Å². The maximum absolute atomic E-state index is 12.2. The SMILES string of the molecule is NS(=O)(=O)CCCNCc1ccccc1OC(F)(F)F. The lowest BCUT2D eigenvalue weighted by molar-refractivity contribution is -0.274. The Labute approximate surface area is 115 Å². The van der Waals surface area contributed by atoms with Gasteiger partial charge in [-0.1, -0.05) is 18.2 Å². The van der Waals surface area contributed by atoms with Gasteiger partial charge in [0.1, 0.15) is 5.75 Å². The van der Waals surface area contributed by atoms with Gasteiger partial charge < -0.3 is 10.1 Å². The third kappa shape index (κ3) is 7.31. The van der Waals surface area contributed by atoms with Crippen molar-refractivity contribution >= 4 is 10.0 Å². The van der Waals surface area contributed by atoms with Crippen molar-refractivity contribution in [3.63, 3.8) is 0 Å². The van der Waals surface area contributed by atoms with Crippen molar-refractivity contribution in [1.82, 2.24) is 5.32 Å². The smallest absolute Gasteiger partial charge is 0.405 e. The van der Waals surface area contributed by atoms with Crippen LogP contribution in [0.25, 0.3) is 0 Å². The molecule has 5 nitrogen and oxygen atoms in total. The van der Waals surface area contributed by atoms with E-state index in [0.717, 1.165) is 0 Å². The Bertz CT molecular complexity index is 532. The second-order valence-electron chi connectivity index (χ2n) is 4.05. The van der Waals surface area contributed by atoms with Crippen LogP contribution in [0.1, 0.15) is 12.0 Å². The predicted octanol–water partition coefficient (Wildman–Crippen LogP) is 1.35. The first-order chi connectivity index (χ1) is 9.17. The average molecular weight is 312 g/mol. The minimum Gasteiger partial charge on any atom is -0.405 e. The lowest BCUT2D eigenvalue weighted by Gasteiger charge is -2.13. The molecule has 20 heavy (non-hydrogen) atoms. The van der Waals surface area contributed by atoms with E-state index in [1.165, 1.54) is 18.2 Å². The Balaban J connectivity index is 2.48. The fraction of sp³-hybridized carbons (Fsp3) is 0.455. The summed E-state index contributed by atoms with van der Waals surface area (Å²) in [6, 6.07) is 5.73. The topological polar surface area (TPSA) is 81.4 Å². The van der Waals surface area contributed by atoms with Gasteiger partial charge in [0.25, 0.3) is 0 Å².